The van der Waals surface area contributed by atoms with E-state index in [2.05, 4.69) is 52.5 Å². The highest BCUT2D eigenvalue weighted by atomic mass is 16.3. The zero-order chi connectivity index (χ0) is 19.6. The Morgan fingerprint density at radius 1 is 1.07 bits per heavy atom. The summed E-state index contributed by atoms with van der Waals surface area (Å²) < 4.78 is 0. The van der Waals surface area contributed by atoms with Crippen molar-refractivity contribution in [3.63, 3.8) is 0 Å². The van der Waals surface area contributed by atoms with Gasteiger partial charge >= 0.3 is 0 Å². The van der Waals surface area contributed by atoms with E-state index in [1.54, 1.807) is 0 Å². The van der Waals surface area contributed by atoms with Crippen molar-refractivity contribution in [2.45, 2.75) is 56.1 Å². The molecule has 0 unspecified atom stereocenters. The van der Waals surface area contributed by atoms with Crippen molar-refractivity contribution in [3.05, 3.63) is 35.9 Å². The molecule has 1 heterocycles. The lowest BCUT2D eigenvalue weighted by molar-refractivity contribution is -0.122. The lowest BCUT2D eigenvalue weighted by Crippen LogP contribution is -2.52. The average molecular weight is 386 g/mol. The minimum absolute atomic E-state index is 0.0753. The third kappa shape index (κ3) is 4.42. The Morgan fingerprint density at radius 3 is 2.43 bits per heavy atom. The number of nitrogens with one attached hydrogen (secondary N) is 1. The number of benzene rings is 1. The number of piperazine rings is 1. The van der Waals surface area contributed by atoms with Gasteiger partial charge in [0.1, 0.15) is 0 Å². The summed E-state index contributed by atoms with van der Waals surface area (Å²) >= 11 is 0. The maximum absolute atomic E-state index is 12.3. The van der Waals surface area contributed by atoms with Crippen LogP contribution in [-0.4, -0.2) is 72.7 Å². The molecule has 0 radical (unpaired) electrons. The predicted octanol–water partition coefficient (Wildman–Crippen LogP) is 2.00. The lowest BCUT2D eigenvalue weighted by Gasteiger charge is -2.39. The monoisotopic (exact) mass is 385 g/mol. The highest BCUT2D eigenvalue weighted by molar-refractivity contribution is 5.80. The third-order valence-electron chi connectivity index (χ3n) is 7.22. The number of likely N-dealkylation sites (N-methyl/N-ethyl adjacent to an activating group) is 1. The van der Waals surface area contributed by atoms with E-state index in [0.717, 1.165) is 64.7 Å². The molecule has 1 amide bonds. The molecule has 0 spiro atoms. The number of aliphatic hydroxyl groups excluding tert-OH is 1. The van der Waals surface area contributed by atoms with Gasteiger partial charge in [0.15, 0.2) is 0 Å². The summed E-state index contributed by atoms with van der Waals surface area (Å²) in [6.07, 6.45) is 5.50. The molecule has 3 fully saturated rings. The number of nitrogens with zero attached hydrogens (tertiary/aromatic N) is 2. The highest BCUT2D eigenvalue weighted by Crippen LogP contribution is 2.40. The van der Waals surface area contributed by atoms with Gasteiger partial charge in [-0.2, -0.15) is 0 Å². The summed E-state index contributed by atoms with van der Waals surface area (Å²) in [5.41, 5.74) is 1.23. The van der Waals surface area contributed by atoms with Crippen LogP contribution in [0.4, 0.5) is 0 Å². The smallest absolute Gasteiger partial charge is 0.223 e. The predicted molar refractivity (Wildman–Crippen MR) is 111 cm³/mol. The van der Waals surface area contributed by atoms with Gasteiger partial charge in [-0.1, -0.05) is 30.3 Å². The zero-order valence-corrected chi connectivity index (χ0v) is 17.1. The number of carbonyl (C=O) groups is 1. The molecule has 28 heavy (non-hydrogen) atoms. The van der Waals surface area contributed by atoms with E-state index < -0.39 is 0 Å². The van der Waals surface area contributed by atoms with Gasteiger partial charge in [0.2, 0.25) is 5.91 Å². The second kappa shape index (κ2) is 8.52. The molecule has 154 valence electrons. The molecular weight excluding hydrogens is 350 g/mol. The van der Waals surface area contributed by atoms with Crippen LogP contribution in [0.2, 0.25) is 0 Å². The quantitative estimate of drug-likeness (QED) is 0.762. The van der Waals surface area contributed by atoms with Crippen molar-refractivity contribution in [3.8, 4) is 0 Å². The van der Waals surface area contributed by atoms with E-state index in [1.165, 1.54) is 5.56 Å². The molecule has 1 aromatic carbocycles. The van der Waals surface area contributed by atoms with E-state index in [9.17, 15) is 9.90 Å². The van der Waals surface area contributed by atoms with Gasteiger partial charge < -0.3 is 15.3 Å². The topological polar surface area (TPSA) is 55.8 Å². The molecule has 5 heteroatoms. The lowest BCUT2D eigenvalue weighted by atomic mass is 9.74. The standard InChI is InChI=1S/C23H35N3O2/c1-25-13-15-26(16-14-25)20-9-11-23(12-10-21(20)27,19-5-3-2-4-6-19)17-24-22(28)18-7-8-18/h2-6,18,20-21,27H,7-17H2,1H3,(H,24,28)/t20-,21-,23-/m0/s1. The van der Waals surface area contributed by atoms with Gasteiger partial charge in [-0.3, -0.25) is 9.69 Å². The van der Waals surface area contributed by atoms with Crippen LogP contribution in [0.15, 0.2) is 30.3 Å². The first-order chi connectivity index (χ1) is 13.6. The number of hydrogen-bond acceptors (Lipinski definition) is 4. The summed E-state index contributed by atoms with van der Waals surface area (Å²) in [6.45, 7) is 4.91. The van der Waals surface area contributed by atoms with Crippen LogP contribution in [-0.2, 0) is 10.2 Å². The van der Waals surface area contributed by atoms with E-state index in [1.807, 2.05) is 0 Å². The van der Waals surface area contributed by atoms with Crippen LogP contribution in [0.5, 0.6) is 0 Å². The van der Waals surface area contributed by atoms with Gasteiger partial charge in [-0.25, -0.2) is 0 Å². The van der Waals surface area contributed by atoms with Gasteiger partial charge in [-0.05, 0) is 51.1 Å². The first-order valence-electron chi connectivity index (χ1n) is 11.0. The molecule has 4 rings (SSSR count). The molecule has 1 aliphatic heterocycles. The minimum Gasteiger partial charge on any atom is -0.391 e. The van der Waals surface area contributed by atoms with E-state index in [-0.39, 0.29) is 29.4 Å². The Bertz CT molecular complexity index is 655. The van der Waals surface area contributed by atoms with Crippen molar-refractivity contribution >= 4 is 5.91 Å². The van der Waals surface area contributed by atoms with Crippen LogP contribution in [0.1, 0.15) is 44.1 Å². The number of hydrogen-bond donors (Lipinski definition) is 2. The van der Waals surface area contributed by atoms with Crippen molar-refractivity contribution in [1.82, 2.24) is 15.1 Å². The first kappa shape index (κ1) is 19.9. The van der Waals surface area contributed by atoms with Gasteiger partial charge in [0, 0.05) is 50.1 Å². The summed E-state index contributed by atoms with van der Waals surface area (Å²) in [7, 11) is 2.17. The second-order valence-corrected chi connectivity index (χ2v) is 9.19. The van der Waals surface area contributed by atoms with E-state index in [4.69, 9.17) is 0 Å². The molecule has 1 saturated heterocycles. The third-order valence-corrected chi connectivity index (χ3v) is 7.22. The van der Waals surface area contributed by atoms with Crippen LogP contribution in [0.25, 0.3) is 0 Å². The fourth-order valence-electron chi connectivity index (χ4n) is 5.04. The van der Waals surface area contributed by atoms with Gasteiger partial charge in [0.05, 0.1) is 6.10 Å². The maximum Gasteiger partial charge on any atom is 0.223 e. The van der Waals surface area contributed by atoms with Crippen molar-refractivity contribution in [2.24, 2.45) is 5.92 Å². The van der Waals surface area contributed by atoms with E-state index >= 15 is 0 Å². The van der Waals surface area contributed by atoms with Gasteiger partial charge in [-0.15, -0.1) is 0 Å². The molecule has 2 saturated carbocycles. The number of aliphatic hydroxyl groups is 1. The molecule has 2 N–H and O–H groups in total. The van der Waals surface area contributed by atoms with Crippen molar-refractivity contribution < 1.29 is 9.90 Å². The average Bonchev–Trinajstić information content (AvgIpc) is 3.57. The van der Waals surface area contributed by atoms with Crippen LogP contribution < -0.4 is 5.32 Å². The first-order valence-corrected chi connectivity index (χ1v) is 11.0. The Kier molecular flexibility index (Phi) is 6.04. The van der Waals surface area contributed by atoms with Gasteiger partial charge in [0.25, 0.3) is 0 Å². The highest BCUT2D eigenvalue weighted by Gasteiger charge is 2.41. The molecule has 5 nitrogen and oxygen atoms in total. The van der Waals surface area contributed by atoms with Crippen molar-refractivity contribution in [1.29, 1.82) is 0 Å². The molecular formula is C23H35N3O2. The molecule has 1 aromatic rings. The van der Waals surface area contributed by atoms with Crippen LogP contribution in [0.3, 0.4) is 0 Å². The fourth-order valence-corrected chi connectivity index (χ4v) is 5.04. The zero-order valence-electron chi connectivity index (χ0n) is 17.1. The summed E-state index contributed by atoms with van der Waals surface area (Å²) in [4.78, 5) is 17.2. The molecule has 2 aliphatic carbocycles. The number of rotatable bonds is 5. The largest absolute Gasteiger partial charge is 0.391 e. The second-order valence-electron chi connectivity index (χ2n) is 9.19. The van der Waals surface area contributed by atoms with Crippen LogP contribution >= 0.6 is 0 Å². The summed E-state index contributed by atoms with van der Waals surface area (Å²) in [6, 6.07) is 10.9. The van der Waals surface area contributed by atoms with Crippen LogP contribution in [0, 0.1) is 5.92 Å². The Labute approximate surface area is 169 Å². The minimum atomic E-state index is -0.284. The molecule has 0 aromatic heterocycles. The maximum atomic E-state index is 12.3. The summed E-state index contributed by atoms with van der Waals surface area (Å²) in [5.74, 6) is 0.456. The van der Waals surface area contributed by atoms with Crippen molar-refractivity contribution in [2.75, 3.05) is 39.8 Å². The Balaban J connectivity index is 1.50. The molecule has 0 bridgehead atoms. The number of carbonyl (C=O) groups excluding carboxylic acids is 1. The SMILES string of the molecule is CN1CCN([C@H]2CC[C@](CNC(=O)C3CC3)(c3ccccc3)CC[C@@H]2O)CC1. The fraction of sp³-hybridized carbons (Fsp3) is 0.696. The molecule has 3 aliphatic rings. The molecule has 3 atom stereocenters. The van der Waals surface area contributed by atoms with E-state index in [0.29, 0.717) is 6.54 Å². The Morgan fingerprint density at radius 2 is 1.75 bits per heavy atom. The Hall–Kier alpha value is -1.43. The normalized spacial score (nSPS) is 32.6. The number of amides is 1. The summed E-state index contributed by atoms with van der Waals surface area (Å²) in [5, 5.41) is 14.2.